The van der Waals surface area contributed by atoms with Crippen LogP contribution in [0, 0.1) is 41.5 Å². The van der Waals surface area contributed by atoms with Crippen molar-refractivity contribution in [2.24, 2.45) is 0 Å². The minimum atomic E-state index is 0.845. The summed E-state index contributed by atoms with van der Waals surface area (Å²) < 4.78 is 0. The van der Waals surface area contributed by atoms with Gasteiger partial charge in [-0.15, -0.1) is 0 Å². The van der Waals surface area contributed by atoms with Crippen LogP contribution >= 0.6 is 0 Å². The van der Waals surface area contributed by atoms with Gasteiger partial charge in [0.05, 0.1) is 22.4 Å². The predicted octanol–water partition coefficient (Wildman–Crippen LogP) is 12.3. The van der Waals surface area contributed by atoms with E-state index in [2.05, 4.69) is 149 Å². The van der Waals surface area contributed by atoms with E-state index in [4.69, 9.17) is 9.97 Å². The molecule has 0 fully saturated rings. The van der Waals surface area contributed by atoms with Gasteiger partial charge in [-0.2, -0.15) is 0 Å². The van der Waals surface area contributed by atoms with Crippen LogP contribution in [0.5, 0.6) is 0 Å². The Bertz CT molecular complexity index is 2360. The summed E-state index contributed by atoms with van der Waals surface area (Å²) in [5.74, 6) is 0. The van der Waals surface area contributed by atoms with E-state index < -0.39 is 0 Å². The summed E-state index contributed by atoms with van der Waals surface area (Å²) in [5, 5.41) is 0. The summed E-state index contributed by atoms with van der Waals surface area (Å²) in [5.41, 5.74) is 22.2. The molecule has 0 aliphatic rings. The highest BCUT2D eigenvalue weighted by Crippen LogP contribution is 2.43. The smallest absolute Gasteiger partial charge is 0.0973 e. The highest BCUT2D eigenvalue weighted by atomic mass is 14.8. The number of pyridine rings is 2. The highest BCUT2D eigenvalue weighted by Gasteiger charge is 2.21. The van der Waals surface area contributed by atoms with E-state index >= 15 is 0 Å². The van der Waals surface area contributed by atoms with E-state index in [1.165, 1.54) is 55.6 Å². The monoisotopic (exact) mass is 672 g/mol. The van der Waals surface area contributed by atoms with Crippen molar-refractivity contribution in [2.75, 3.05) is 0 Å². The first-order valence-corrected chi connectivity index (χ1v) is 17.8. The lowest BCUT2D eigenvalue weighted by atomic mass is 9.85. The molecule has 0 aliphatic carbocycles. The summed E-state index contributed by atoms with van der Waals surface area (Å²) in [4.78, 5) is 19.6. The molecule has 252 valence electrons. The lowest BCUT2D eigenvalue weighted by molar-refractivity contribution is 1.28. The van der Waals surface area contributed by atoms with Crippen LogP contribution in [-0.2, 0) is 0 Å². The first-order valence-electron chi connectivity index (χ1n) is 17.8. The Morgan fingerprint density at radius 1 is 0.365 bits per heavy atom. The van der Waals surface area contributed by atoms with Crippen molar-refractivity contribution in [2.45, 2.75) is 41.5 Å². The molecule has 3 aromatic heterocycles. The minimum Gasteiger partial charge on any atom is -0.264 e. The molecule has 52 heavy (non-hydrogen) atoms. The average molecular weight is 673 g/mol. The quantitative estimate of drug-likeness (QED) is 0.176. The molecule has 3 heterocycles. The van der Waals surface area contributed by atoms with Gasteiger partial charge in [-0.05, 0) is 133 Å². The van der Waals surface area contributed by atoms with Gasteiger partial charge >= 0.3 is 0 Å². The normalized spacial score (nSPS) is 11.3. The third-order valence-corrected chi connectivity index (χ3v) is 10.0. The molecular formula is C48H40N4. The molecule has 0 N–H and O–H groups in total. The molecule has 0 bridgehead atoms. The molecule has 0 spiro atoms. The fourth-order valence-corrected chi connectivity index (χ4v) is 7.84. The first-order chi connectivity index (χ1) is 25.2. The van der Waals surface area contributed by atoms with E-state index in [0.29, 0.717) is 0 Å². The number of nitrogens with zero attached hydrogens (tertiary/aromatic N) is 4. The van der Waals surface area contributed by atoms with Crippen molar-refractivity contribution in [1.82, 2.24) is 19.9 Å². The van der Waals surface area contributed by atoms with Crippen molar-refractivity contribution in [3.63, 3.8) is 0 Å². The zero-order valence-corrected chi connectivity index (χ0v) is 30.5. The highest BCUT2D eigenvalue weighted by molar-refractivity contribution is 5.98. The van der Waals surface area contributed by atoms with Crippen LogP contribution in [0.3, 0.4) is 0 Å². The second kappa shape index (κ2) is 13.5. The summed E-state index contributed by atoms with van der Waals surface area (Å²) >= 11 is 0. The van der Waals surface area contributed by atoms with Crippen molar-refractivity contribution in [1.29, 1.82) is 0 Å². The largest absolute Gasteiger partial charge is 0.264 e. The molecule has 0 unspecified atom stereocenters. The van der Waals surface area contributed by atoms with Crippen LogP contribution in [0.25, 0.3) is 78.1 Å². The molecular weight excluding hydrogens is 633 g/mol. The molecule has 0 aliphatic heterocycles. The molecule has 8 aromatic rings. The minimum absolute atomic E-state index is 0.845. The van der Waals surface area contributed by atoms with Gasteiger partial charge in [-0.1, -0.05) is 96.1 Å². The Kier molecular flexibility index (Phi) is 8.52. The van der Waals surface area contributed by atoms with Crippen molar-refractivity contribution < 1.29 is 0 Å². The molecule has 4 nitrogen and oxygen atoms in total. The Labute approximate surface area is 306 Å². The third kappa shape index (κ3) is 6.18. The number of fused-ring (bicyclic) bond motifs is 1. The maximum atomic E-state index is 5.48. The van der Waals surface area contributed by atoms with Crippen molar-refractivity contribution in [3.8, 4) is 67.0 Å². The fourth-order valence-electron chi connectivity index (χ4n) is 7.84. The fraction of sp³-hybridized carbons (Fsp3) is 0.125. The maximum Gasteiger partial charge on any atom is 0.0973 e. The molecule has 0 radical (unpaired) electrons. The standard InChI is InChI=1S/C48H40N4/c1-29-21-31(3)45(32(4)22-29)41-25-43-44(26-42(41)46-33(5)23-30(2)24-34(46)6)52-48(38-17-13-36(14-18-38)40-10-8-20-50-28-40)47(51-43)37-15-11-35(12-16-37)39-9-7-19-49-27-39/h7-28H,1-6H3. The predicted molar refractivity (Wildman–Crippen MR) is 216 cm³/mol. The summed E-state index contributed by atoms with van der Waals surface area (Å²) in [6.07, 6.45) is 7.39. The lowest BCUT2D eigenvalue weighted by Crippen LogP contribution is -2.00. The molecule has 4 heteroatoms. The second-order valence-corrected chi connectivity index (χ2v) is 14.0. The Hall–Kier alpha value is -6.26. The van der Waals surface area contributed by atoms with Gasteiger partial charge in [-0.25, -0.2) is 9.97 Å². The zero-order chi connectivity index (χ0) is 35.9. The first kappa shape index (κ1) is 32.9. The van der Waals surface area contributed by atoms with E-state index in [0.717, 1.165) is 55.8 Å². The number of hydrogen-bond donors (Lipinski definition) is 0. The van der Waals surface area contributed by atoms with Crippen LogP contribution in [0.15, 0.2) is 134 Å². The number of rotatable bonds is 6. The number of aromatic nitrogens is 4. The SMILES string of the molecule is Cc1cc(C)c(-c2cc3nc(-c4ccc(-c5cccnc5)cc4)c(-c4ccc(-c5cccnc5)cc4)nc3cc2-c2c(C)cc(C)cc2C)c(C)c1. The zero-order valence-electron chi connectivity index (χ0n) is 30.5. The number of benzene rings is 5. The van der Waals surface area contributed by atoms with Crippen LogP contribution < -0.4 is 0 Å². The molecule has 0 amide bonds. The van der Waals surface area contributed by atoms with Gasteiger partial charge in [0.1, 0.15) is 0 Å². The molecule has 0 saturated carbocycles. The van der Waals surface area contributed by atoms with Gasteiger partial charge in [0, 0.05) is 35.9 Å². The number of hydrogen-bond acceptors (Lipinski definition) is 4. The summed E-state index contributed by atoms with van der Waals surface area (Å²) in [6.45, 7) is 13.2. The Morgan fingerprint density at radius 2 is 0.712 bits per heavy atom. The topological polar surface area (TPSA) is 51.6 Å². The van der Waals surface area contributed by atoms with Gasteiger partial charge in [0.25, 0.3) is 0 Å². The third-order valence-electron chi connectivity index (χ3n) is 10.0. The summed E-state index contributed by atoms with van der Waals surface area (Å²) in [6, 6.07) is 38.9. The van der Waals surface area contributed by atoms with Gasteiger partial charge in [-0.3, -0.25) is 9.97 Å². The van der Waals surface area contributed by atoms with Crippen molar-refractivity contribution >= 4 is 11.0 Å². The van der Waals surface area contributed by atoms with Gasteiger partial charge in [0.15, 0.2) is 0 Å². The molecule has 5 aromatic carbocycles. The van der Waals surface area contributed by atoms with E-state index in [1.54, 1.807) is 12.4 Å². The number of aryl methyl sites for hydroxylation is 6. The average Bonchev–Trinajstić information content (AvgIpc) is 3.14. The lowest BCUT2D eigenvalue weighted by Gasteiger charge is -2.21. The van der Waals surface area contributed by atoms with E-state index in [-0.39, 0.29) is 0 Å². The van der Waals surface area contributed by atoms with Crippen LogP contribution in [0.4, 0.5) is 0 Å². The van der Waals surface area contributed by atoms with Crippen LogP contribution in [0.1, 0.15) is 33.4 Å². The van der Waals surface area contributed by atoms with E-state index in [1.807, 2.05) is 24.5 Å². The molecule has 8 rings (SSSR count). The van der Waals surface area contributed by atoms with Gasteiger partial charge < -0.3 is 0 Å². The molecule has 0 saturated heterocycles. The Morgan fingerprint density at radius 3 is 1.04 bits per heavy atom. The van der Waals surface area contributed by atoms with Crippen molar-refractivity contribution in [3.05, 3.63) is 167 Å². The molecule has 0 atom stereocenters. The second-order valence-electron chi connectivity index (χ2n) is 14.0. The van der Waals surface area contributed by atoms with Crippen LogP contribution in [0.2, 0.25) is 0 Å². The van der Waals surface area contributed by atoms with Gasteiger partial charge in [0.2, 0.25) is 0 Å². The maximum absolute atomic E-state index is 5.48. The van der Waals surface area contributed by atoms with E-state index in [9.17, 15) is 0 Å². The van der Waals surface area contributed by atoms with Crippen LogP contribution in [-0.4, -0.2) is 19.9 Å². The Balaban J connectivity index is 1.39. The summed E-state index contributed by atoms with van der Waals surface area (Å²) in [7, 11) is 0.